The van der Waals surface area contributed by atoms with Gasteiger partial charge in [0.15, 0.2) is 0 Å². The molecule has 2 rings (SSSR count). The van der Waals surface area contributed by atoms with Crippen molar-refractivity contribution < 1.29 is 0 Å². The van der Waals surface area contributed by atoms with Gasteiger partial charge in [-0.25, -0.2) is 0 Å². The van der Waals surface area contributed by atoms with Crippen LogP contribution in [0.25, 0.3) is 0 Å². The number of anilines is 1. The molecule has 0 amide bonds. The Hall–Kier alpha value is -0.250. The fraction of sp³-hybridized carbons (Fsp3) is 0.455. The van der Waals surface area contributed by atoms with Gasteiger partial charge in [-0.2, -0.15) is 0 Å². The number of halogens is 2. The van der Waals surface area contributed by atoms with Crippen LogP contribution in [0.3, 0.4) is 0 Å². The summed E-state index contributed by atoms with van der Waals surface area (Å²) >= 11 is 9.61. The second kappa shape index (κ2) is 4.73. The van der Waals surface area contributed by atoms with Crippen molar-refractivity contribution in [2.75, 3.05) is 25.0 Å². The molecular weight excluding hydrogens is 275 g/mol. The first-order valence-electron chi connectivity index (χ1n) is 5.08. The van der Waals surface area contributed by atoms with E-state index in [-0.39, 0.29) is 0 Å². The summed E-state index contributed by atoms with van der Waals surface area (Å²) in [6, 6.07) is 6.60. The van der Waals surface area contributed by atoms with Gasteiger partial charge < -0.3 is 10.2 Å². The molecule has 0 saturated carbocycles. The van der Waals surface area contributed by atoms with E-state index in [4.69, 9.17) is 11.6 Å². The fourth-order valence-corrected chi connectivity index (χ4v) is 2.64. The third-order valence-electron chi connectivity index (χ3n) is 2.87. The maximum Gasteiger partial charge on any atom is 0.0595 e. The zero-order valence-electron chi connectivity index (χ0n) is 8.63. The number of likely N-dealkylation sites (N-methyl/N-ethyl adjacent to an activating group) is 1. The minimum Gasteiger partial charge on any atom is -0.369 e. The molecule has 1 unspecified atom stereocenters. The lowest BCUT2D eigenvalue weighted by molar-refractivity contribution is 0.617. The predicted molar refractivity (Wildman–Crippen MR) is 68.8 cm³/mol. The van der Waals surface area contributed by atoms with E-state index in [0.29, 0.717) is 6.04 Å². The molecule has 1 saturated heterocycles. The highest BCUT2D eigenvalue weighted by Gasteiger charge is 2.22. The van der Waals surface area contributed by atoms with Crippen LogP contribution < -0.4 is 10.2 Å². The Morgan fingerprint density at radius 2 is 2.33 bits per heavy atom. The molecule has 1 aliphatic heterocycles. The molecule has 1 heterocycles. The van der Waals surface area contributed by atoms with Gasteiger partial charge in [0.2, 0.25) is 0 Å². The molecule has 1 atom stereocenters. The smallest absolute Gasteiger partial charge is 0.0595 e. The van der Waals surface area contributed by atoms with Gasteiger partial charge >= 0.3 is 0 Å². The van der Waals surface area contributed by atoms with Gasteiger partial charge in [0.1, 0.15) is 0 Å². The van der Waals surface area contributed by atoms with E-state index in [9.17, 15) is 0 Å². The minimum absolute atomic E-state index is 0.593. The quantitative estimate of drug-likeness (QED) is 0.900. The summed E-state index contributed by atoms with van der Waals surface area (Å²) in [5.74, 6) is 0. The molecule has 1 N–H and O–H groups in total. The van der Waals surface area contributed by atoms with Crippen LogP contribution in [0.4, 0.5) is 5.69 Å². The first-order valence-corrected chi connectivity index (χ1v) is 6.25. The number of benzene rings is 1. The Morgan fingerprint density at radius 3 is 3.00 bits per heavy atom. The van der Waals surface area contributed by atoms with Crippen LogP contribution in [0.1, 0.15) is 6.42 Å². The normalized spacial score (nSPS) is 21.0. The number of hydrogen-bond acceptors (Lipinski definition) is 2. The van der Waals surface area contributed by atoms with Gasteiger partial charge in [-0.05, 0) is 41.5 Å². The number of nitrogens with one attached hydrogen (secondary N) is 1. The van der Waals surface area contributed by atoms with Crippen LogP contribution in [-0.4, -0.2) is 26.2 Å². The lowest BCUT2D eigenvalue weighted by Gasteiger charge is -2.20. The van der Waals surface area contributed by atoms with E-state index in [1.807, 2.05) is 19.2 Å². The predicted octanol–water partition coefficient (Wildman–Crippen LogP) is 2.90. The second-order valence-corrected chi connectivity index (χ2v) is 4.99. The van der Waals surface area contributed by atoms with Crippen LogP contribution in [0, 0.1) is 0 Å². The van der Waals surface area contributed by atoms with Gasteiger partial charge in [0.05, 0.1) is 15.2 Å². The molecule has 0 bridgehead atoms. The van der Waals surface area contributed by atoms with Crippen molar-refractivity contribution in [1.29, 1.82) is 0 Å². The summed E-state index contributed by atoms with van der Waals surface area (Å²) in [6.07, 6.45) is 1.19. The molecule has 0 radical (unpaired) electrons. The van der Waals surface area contributed by atoms with Crippen molar-refractivity contribution >= 4 is 33.2 Å². The van der Waals surface area contributed by atoms with E-state index >= 15 is 0 Å². The molecule has 82 valence electrons. The monoisotopic (exact) mass is 288 g/mol. The number of nitrogens with zero attached hydrogens (tertiary/aromatic N) is 1. The summed E-state index contributed by atoms with van der Waals surface area (Å²) < 4.78 is 1.00. The van der Waals surface area contributed by atoms with Gasteiger partial charge in [0.25, 0.3) is 0 Å². The third kappa shape index (κ3) is 2.30. The first kappa shape index (κ1) is 11.2. The van der Waals surface area contributed by atoms with Crippen LogP contribution >= 0.6 is 27.5 Å². The molecule has 0 spiro atoms. The number of hydrogen-bond donors (Lipinski definition) is 1. The zero-order chi connectivity index (χ0) is 10.8. The largest absolute Gasteiger partial charge is 0.369 e. The van der Waals surface area contributed by atoms with Crippen molar-refractivity contribution in [2.45, 2.75) is 12.5 Å². The summed E-state index contributed by atoms with van der Waals surface area (Å²) in [7, 11) is 2.02. The third-order valence-corrected chi connectivity index (χ3v) is 4.25. The van der Waals surface area contributed by atoms with Crippen LogP contribution in [0.2, 0.25) is 5.02 Å². The minimum atomic E-state index is 0.593. The van der Waals surface area contributed by atoms with E-state index in [0.717, 1.165) is 22.6 Å². The first-order chi connectivity index (χ1) is 7.22. The maximum absolute atomic E-state index is 6.07. The van der Waals surface area contributed by atoms with Crippen LogP contribution in [0.5, 0.6) is 0 Å². The van der Waals surface area contributed by atoms with Gasteiger partial charge in [-0.1, -0.05) is 17.7 Å². The average Bonchev–Trinajstić information content (AvgIpc) is 2.70. The Morgan fingerprint density at radius 1 is 1.53 bits per heavy atom. The SMILES string of the molecule is CNC1CCN(c2cccc(Cl)c2Br)C1. The maximum atomic E-state index is 6.07. The molecule has 1 aliphatic rings. The fourth-order valence-electron chi connectivity index (χ4n) is 1.95. The topological polar surface area (TPSA) is 15.3 Å². The van der Waals surface area contributed by atoms with Crippen LogP contribution in [0.15, 0.2) is 22.7 Å². The van der Waals surface area contributed by atoms with Gasteiger partial charge in [-0.15, -0.1) is 0 Å². The standard InChI is InChI=1S/C11H14BrClN2/c1-14-8-5-6-15(7-8)10-4-2-3-9(13)11(10)12/h2-4,8,14H,5-7H2,1H3. The molecule has 2 nitrogen and oxygen atoms in total. The summed E-state index contributed by atoms with van der Waals surface area (Å²) in [5, 5.41) is 4.09. The Balaban J connectivity index is 2.20. The molecule has 1 aromatic carbocycles. The molecule has 1 aromatic rings. The summed E-state index contributed by atoms with van der Waals surface area (Å²) in [6.45, 7) is 2.14. The van der Waals surface area contributed by atoms with Gasteiger partial charge in [-0.3, -0.25) is 0 Å². The molecule has 1 fully saturated rings. The molecule has 0 aromatic heterocycles. The van der Waals surface area contributed by atoms with E-state index < -0.39 is 0 Å². The lowest BCUT2D eigenvalue weighted by Crippen LogP contribution is -2.29. The van der Waals surface area contributed by atoms with Crippen molar-refractivity contribution in [1.82, 2.24) is 5.32 Å². The van der Waals surface area contributed by atoms with E-state index in [1.165, 1.54) is 12.1 Å². The molecular formula is C11H14BrClN2. The molecule has 4 heteroatoms. The van der Waals surface area contributed by atoms with Gasteiger partial charge in [0, 0.05) is 19.1 Å². The second-order valence-electron chi connectivity index (χ2n) is 3.79. The molecule has 0 aliphatic carbocycles. The molecule has 15 heavy (non-hydrogen) atoms. The lowest BCUT2D eigenvalue weighted by atomic mass is 10.3. The average molecular weight is 290 g/mol. The highest BCUT2D eigenvalue weighted by Crippen LogP contribution is 2.34. The highest BCUT2D eigenvalue weighted by atomic mass is 79.9. The Bertz CT molecular complexity index is 356. The Labute approximate surface area is 104 Å². The van der Waals surface area contributed by atoms with Crippen LogP contribution in [-0.2, 0) is 0 Å². The van der Waals surface area contributed by atoms with Crippen molar-refractivity contribution in [3.63, 3.8) is 0 Å². The van der Waals surface area contributed by atoms with Crippen molar-refractivity contribution in [3.8, 4) is 0 Å². The summed E-state index contributed by atoms with van der Waals surface area (Å²) in [4.78, 5) is 2.36. The number of rotatable bonds is 2. The van der Waals surface area contributed by atoms with Crippen molar-refractivity contribution in [3.05, 3.63) is 27.7 Å². The summed E-state index contributed by atoms with van der Waals surface area (Å²) in [5.41, 5.74) is 1.19. The Kier molecular flexibility index (Phi) is 3.54. The zero-order valence-corrected chi connectivity index (χ0v) is 11.0. The van der Waals surface area contributed by atoms with Crippen molar-refractivity contribution in [2.24, 2.45) is 0 Å². The van der Waals surface area contributed by atoms with E-state index in [1.54, 1.807) is 0 Å². The highest BCUT2D eigenvalue weighted by molar-refractivity contribution is 9.10. The van der Waals surface area contributed by atoms with E-state index in [2.05, 4.69) is 32.2 Å².